The van der Waals surface area contributed by atoms with Crippen molar-refractivity contribution >= 4 is 5.69 Å². The van der Waals surface area contributed by atoms with Crippen molar-refractivity contribution in [1.82, 2.24) is 0 Å². The molecule has 0 radical (unpaired) electrons. The number of rotatable bonds is 3. The Hall–Kier alpha value is -1.96. The van der Waals surface area contributed by atoms with Gasteiger partial charge in [-0.15, -0.1) is 0 Å². The number of aryl methyl sites for hydroxylation is 2. The van der Waals surface area contributed by atoms with Gasteiger partial charge in [0.15, 0.2) is 0 Å². The highest BCUT2D eigenvalue weighted by molar-refractivity contribution is 5.48. The summed E-state index contributed by atoms with van der Waals surface area (Å²) in [5.41, 5.74) is 4.13. The van der Waals surface area contributed by atoms with Crippen LogP contribution in [0.1, 0.15) is 16.7 Å². The van der Waals surface area contributed by atoms with E-state index >= 15 is 0 Å². The Kier molecular flexibility index (Phi) is 3.33. The van der Waals surface area contributed by atoms with E-state index in [9.17, 15) is 5.11 Å². The minimum absolute atomic E-state index is 0.382. The molecule has 0 amide bonds. The van der Waals surface area contributed by atoms with Crippen LogP contribution in [-0.4, -0.2) is 5.11 Å². The maximum absolute atomic E-state index is 9.89. The highest BCUT2D eigenvalue weighted by Gasteiger charge is 2.02. The molecular formula is C15H17NO. The minimum Gasteiger partial charge on any atom is -0.507 e. The normalized spacial score (nSPS) is 10.2. The first-order valence-electron chi connectivity index (χ1n) is 5.75. The number of para-hydroxylation sites is 1. The molecule has 0 saturated heterocycles. The number of anilines is 1. The van der Waals surface area contributed by atoms with Crippen LogP contribution in [0.2, 0.25) is 0 Å². The van der Waals surface area contributed by atoms with Crippen molar-refractivity contribution in [1.29, 1.82) is 0 Å². The maximum atomic E-state index is 9.89. The zero-order chi connectivity index (χ0) is 12.3. The summed E-state index contributed by atoms with van der Waals surface area (Å²) in [6, 6.07) is 14.0. The van der Waals surface area contributed by atoms with Gasteiger partial charge in [0.05, 0.1) is 0 Å². The molecule has 0 saturated carbocycles. The molecule has 2 nitrogen and oxygen atoms in total. The third kappa shape index (κ3) is 2.78. The highest BCUT2D eigenvalue weighted by Crippen LogP contribution is 2.22. The van der Waals surface area contributed by atoms with E-state index in [2.05, 4.69) is 24.4 Å². The monoisotopic (exact) mass is 227 g/mol. The molecule has 88 valence electrons. The van der Waals surface area contributed by atoms with Crippen molar-refractivity contribution in [2.75, 3.05) is 5.32 Å². The van der Waals surface area contributed by atoms with Gasteiger partial charge in [0.1, 0.15) is 5.75 Å². The number of phenols is 1. The summed E-state index contributed by atoms with van der Waals surface area (Å²) in [6.07, 6.45) is 0. The van der Waals surface area contributed by atoms with Gasteiger partial charge in [-0.25, -0.2) is 0 Å². The molecule has 2 aromatic rings. The average Bonchev–Trinajstić information content (AvgIpc) is 2.31. The molecule has 0 heterocycles. The Balaban J connectivity index is 2.10. The first-order chi connectivity index (χ1) is 8.16. The van der Waals surface area contributed by atoms with E-state index in [4.69, 9.17) is 0 Å². The molecule has 2 aromatic carbocycles. The molecule has 2 N–H and O–H groups in total. The summed E-state index contributed by atoms with van der Waals surface area (Å²) in [4.78, 5) is 0. The Morgan fingerprint density at radius 3 is 2.59 bits per heavy atom. The predicted octanol–water partition coefficient (Wildman–Crippen LogP) is 3.62. The SMILES string of the molecule is Cc1cccc(NCc2cccc(C)c2O)c1. The van der Waals surface area contributed by atoms with Crippen molar-refractivity contribution in [3.05, 3.63) is 59.2 Å². The maximum Gasteiger partial charge on any atom is 0.123 e. The van der Waals surface area contributed by atoms with E-state index in [-0.39, 0.29) is 0 Å². The third-order valence-electron chi connectivity index (χ3n) is 2.82. The summed E-state index contributed by atoms with van der Waals surface area (Å²) in [6.45, 7) is 4.61. The van der Waals surface area contributed by atoms with Crippen molar-refractivity contribution in [3.63, 3.8) is 0 Å². The largest absolute Gasteiger partial charge is 0.507 e. The second-order valence-electron chi connectivity index (χ2n) is 4.31. The van der Waals surface area contributed by atoms with E-state index in [0.29, 0.717) is 12.3 Å². The first kappa shape index (κ1) is 11.5. The molecule has 0 bridgehead atoms. The highest BCUT2D eigenvalue weighted by atomic mass is 16.3. The van der Waals surface area contributed by atoms with Crippen LogP contribution in [0.5, 0.6) is 5.75 Å². The summed E-state index contributed by atoms with van der Waals surface area (Å²) in [5.74, 6) is 0.382. The molecule has 0 aliphatic carbocycles. The first-order valence-corrected chi connectivity index (χ1v) is 5.75. The van der Waals surface area contributed by atoms with Crippen LogP contribution in [0.15, 0.2) is 42.5 Å². The smallest absolute Gasteiger partial charge is 0.123 e. The fourth-order valence-electron chi connectivity index (χ4n) is 1.81. The minimum atomic E-state index is 0.382. The number of phenolic OH excluding ortho intramolecular Hbond substituents is 1. The average molecular weight is 227 g/mol. The molecule has 0 aliphatic rings. The number of hydrogen-bond acceptors (Lipinski definition) is 2. The van der Waals surface area contributed by atoms with Crippen molar-refractivity contribution in [3.8, 4) is 5.75 Å². The Morgan fingerprint density at radius 2 is 1.82 bits per heavy atom. The van der Waals surface area contributed by atoms with E-state index in [0.717, 1.165) is 16.8 Å². The van der Waals surface area contributed by atoms with Crippen LogP contribution in [0.4, 0.5) is 5.69 Å². The van der Waals surface area contributed by atoms with Crippen LogP contribution < -0.4 is 5.32 Å². The lowest BCUT2D eigenvalue weighted by atomic mass is 10.1. The lowest BCUT2D eigenvalue weighted by Crippen LogP contribution is -2.00. The molecule has 2 heteroatoms. The van der Waals surface area contributed by atoms with Crippen LogP contribution in [0.3, 0.4) is 0 Å². The second-order valence-corrected chi connectivity index (χ2v) is 4.31. The van der Waals surface area contributed by atoms with Gasteiger partial charge in [-0.1, -0.05) is 30.3 Å². The topological polar surface area (TPSA) is 32.3 Å². The van der Waals surface area contributed by atoms with Gasteiger partial charge in [-0.2, -0.15) is 0 Å². The zero-order valence-electron chi connectivity index (χ0n) is 10.2. The van der Waals surface area contributed by atoms with E-state index in [1.165, 1.54) is 5.56 Å². The van der Waals surface area contributed by atoms with E-state index < -0.39 is 0 Å². The zero-order valence-corrected chi connectivity index (χ0v) is 10.2. The van der Waals surface area contributed by atoms with Gasteiger partial charge < -0.3 is 10.4 Å². The fraction of sp³-hybridized carbons (Fsp3) is 0.200. The fourth-order valence-corrected chi connectivity index (χ4v) is 1.81. The van der Waals surface area contributed by atoms with Gasteiger partial charge in [0.2, 0.25) is 0 Å². The molecule has 0 unspecified atom stereocenters. The number of nitrogens with one attached hydrogen (secondary N) is 1. The molecule has 17 heavy (non-hydrogen) atoms. The van der Waals surface area contributed by atoms with Gasteiger partial charge >= 0.3 is 0 Å². The summed E-state index contributed by atoms with van der Waals surface area (Å²) in [7, 11) is 0. The molecular weight excluding hydrogens is 210 g/mol. The van der Waals surface area contributed by atoms with Crippen molar-refractivity contribution in [2.24, 2.45) is 0 Å². The second kappa shape index (κ2) is 4.91. The summed E-state index contributed by atoms with van der Waals surface area (Å²) in [5, 5.41) is 13.2. The Morgan fingerprint density at radius 1 is 1.06 bits per heavy atom. The molecule has 2 rings (SSSR count). The molecule has 0 atom stereocenters. The van der Waals surface area contributed by atoms with Crippen LogP contribution in [0, 0.1) is 13.8 Å². The Labute approximate surface area is 102 Å². The van der Waals surface area contributed by atoms with Crippen LogP contribution in [-0.2, 0) is 6.54 Å². The summed E-state index contributed by atoms with van der Waals surface area (Å²) < 4.78 is 0. The van der Waals surface area contributed by atoms with E-state index in [1.54, 1.807) is 0 Å². The van der Waals surface area contributed by atoms with Gasteiger partial charge in [-0.05, 0) is 37.1 Å². The Bertz CT molecular complexity index is 520. The third-order valence-corrected chi connectivity index (χ3v) is 2.82. The number of hydrogen-bond donors (Lipinski definition) is 2. The molecule has 0 fully saturated rings. The standard InChI is InChI=1S/C15H17NO/c1-11-5-3-8-14(9-11)16-10-13-7-4-6-12(2)15(13)17/h3-9,16-17H,10H2,1-2H3. The number of benzene rings is 2. The van der Waals surface area contributed by atoms with Gasteiger partial charge in [0.25, 0.3) is 0 Å². The lowest BCUT2D eigenvalue weighted by molar-refractivity contribution is 0.465. The molecule has 0 aromatic heterocycles. The van der Waals surface area contributed by atoms with Crippen molar-refractivity contribution in [2.45, 2.75) is 20.4 Å². The van der Waals surface area contributed by atoms with Crippen molar-refractivity contribution < 1.29 is 5.11 Å². The molecule has 0 aliphatic heterocycles. The quantitative estimate of drug-likeness (QED) is 0.839. The predicted molar refractivity (Wildman–Crippen MR) is 71.3 cm³/mol. The van der Waals surface area contributed by atoms with Crippen LogP contribution >= 0.6 is 0 Å². The van der Waals surface area contributed by atoms with E-state index in [1.807, 2.05) is 37.3 Å². The number of aromatic hydroxyl groups is 1. The summed E-state index contributed by atoms with van der Waals surface area (Å²) >= 11 is 0. The van der Waals surface area contributed by atoms with Crippen LogP contribution in [0.25, 0.3) is 0 Å². The van der Waals surface area contributed by atoms with Gasteiger partial charge in [-0.3, -0.25) is 0 Å². The molecule has 0 spiro atoms. The van der Waals surface area contributed by atoms with Gasteiger partial charge in [0, 0.05) is 17.8 Å². The lowest BCUT2D eigenvalue weighted by Gasteiger charge is -2.10.